The van der Waals surface area contributed by atoms with Crippen molar-refractivity contribution in [3.05, 3.63) is 48.4 Å². The molecule has 2 rings (SSSR count). The zero-order valence-corrected chi connectivity index (χ0v) is 13.4. The van der Waals surface area contributed by atoms with Gasteiger partial charge < -0.3 is 0 Å². The third-order valence-electron chi connectivity index (χ3n) is 2.39. The SMILES string of the molecule is NNC(Cc1cncc(Br)c1)c1csc(I)c1. The smallest absolute Gasteiger partial charge is 0.0656 e. The summed E-state index contributed by atoms with van der Waals surface area (Å²) >= 11 is 7.47. The maximum Gasteiger partial charge on any atom is 0.0656 e. The van der Waals surface area contributed by atoms with Crippen LogP contribution in [0.5, 0.6) is 0 Å². The Morgan fingerprint density at radius 1 is 1.47 bits per heavy atom. The summed E-state index contributed by atoms with van der Waals surface area (Å²) < 4.78 is 2.26. The molecule has 2 heterocycles. The fourth-order valence-electron chi connectivity index (χ4n) is 1.58. The van der Waals surface area contributed by atoms with Crippen LogP contribution in [-0.2, 0) is 6.42 Å². The van der Waals surface area contributed by atoms with Gasteiger partial charge in [0.2, 0.25) is 0 Å². The highest BCUT2D eigenvalue weighted by atomic mass is 127. The van der Waals surface area contributed by atoms with Crippen LogP contribution < -0.4 is 11.3 Å². The van der Waals surface area contributed by atoms with E-state index in [2.05, 4.69) is 66.4 Å². The van der Waals surface area contributed by atoms with Crippen LogP contribution in [0.15, 0.2) is 34.4 Å². The zero-order valence-electron chi connectivity index (χ0n) is 8.86. The molecule has 2 aromatic rings. The minimum atomic E-state index is 0.130. The first-order valence-corrected chi connectivity index (χ1v) is 7.73. The average molecular weight is 424 g/mol. The predicted octanol–water partition coefficient (Wildman–Crippen LogP) is 3.26. The van der Waals surface area contributed by atoms with Crippen LogP contribution >= 0.6 is 49.9 Å². The van der Waals surface area contributed by atoms with Gasteiger partial charge in [0.25, 0.3) is 0 Å². The molecule has 0 aromatic carbocycles. The molecule has 0 saturated heterocycles. The highest BCUT2D eigenvalue weighted by Crippen LogP contribution is 2.25. The fraction of sp³-hybridized carbons (Fsp3) is 0.182. The average Bonchev–Trinajstić information content (AvgIpc) is 2.73. The summed E-state index contributed by atoms with van der Waals surface area (Å²) in [7, 11) is 0. The molecule has 0 amide bonds. The summed E-state index contributed by atoms with van der Waals surface area (Å²) in [6.07, 6.45) is 4.48. The number of aromatic nitrogens is 1. The first-order chi connectivity index (χ1) is 8.19. The van der Waals surface area contributed by atoms with Crippen LogP contribution in [0.2, 0.25) is 0 Å². The molecule has 0 saturated carbocycles. The molecular weight excluding hydrogens is 413 g/mol. The second-order valence-electron chi connectivity index (χ2n) is 3.62. The van der Waals surface area contributed by atoms with E-state index >= 15 is 0 Å². The number of nitrogens with zero attached hydrogens (tertiary/aromatic N) is 1. The third kappa shape index (κ3) is 3.72. The summed E-state index contributed by atoms with van der Waals surface area (Å²) in [6, 6.07) is 4.35. The number of hydrogen-bond acceptors (Lipinski definition) is 4. The van der Waals surface area contributed by atoms with E-state index in [1.165, 1.54) is 8.45 Å². The van der Waals surface area contributed by atoms with Crippen molar-refractivity contribution in [2.45, 2.75) is 12.5 Å². The lowest BCUT2D eigenvalue weighted by molar-refractivity contribution is 0.552. The summed E-state index contributed by atoms with van der Waals surface area (Å²) in [5.41, 5.74) is 5.24. The molecule has 2 aromatic heterocycles. The Morgan fingerprint density at radius 2 is 2.29 bits per heavy atom. The minimum Gasteiger partial charge on any atom is -0.271 e. The molecule has 1 unspecified atom stereocenters. The highest BCUT2D eigenvalue weighted by molar-refractivity contribution is 14.1. The number of hydrogen-bond donors (Lipinski definition) is 2. The van der Waals surface area contributed by atoms with Crippen LogP contribution in [0.25, 0.3) is 0 Å². The van der Waals surface area contributed by atoms with Gasteiger partial charge in [-0.25, -0.2) is 0 Å². The van der Waals surface area contributed by atoms with E-state index in [0.717, 1.165) is 16.5 Å². The number of rotatable bonds is 4. The van der Waals surface area contributed by atoms with Crippen molar-refractivity contribution in [2.24, 2.45) is 5.84 Å². The van der Waals surface area contributed by atoms with Crippen LogP contribution in [0.1, 0.15) is 17.2 Å². The lowest BCUT2D eigenvalue weighted by Crippen LogP contribution is -2.29. The van der Waals surface area contributed by atoms with Gasteiger partial charge in [-0.3, -0.25) is 16.3 Å². The van der Waals surface area contributed by atoms with Gasteiger partial charge in [-0.2, -0.15) is 0 Å². The number of nitrogens with two attached hydrogens (primary N) is 1. The first kappa shape index (κ1) is 13.4. The molecule has 0 bridgehead atoms. The monoisotopic (exact) mass is 423 g/mol. The summed E-state index contributed by atoms with van der Waals surface area (Å²) in [5.74, 6) is 5.62. The van der Waals surface area contributed by atoms with Crippen molar-refractivity contribution in [3.8, 4) is 0 Å². The largest absolute Gasteiger partial charge is 0.271 e. The number of hydrazine groups is 1. The molecule has 0 aliphatic carbocycles. The molecule has 6 heteroatoms. The standard InChI is InChI=1S/C11H11BrIN3S/c12-9-1-7(4-15-5-9)2-10(16-14)8-3-11(13)17-6-8/h1,3-6,10,16H,2,14H2. The lowest BCUT2D eigenvalue weighted by atomic mass is 10.0. The number of pyridine rings is 1. The Morgan fingerprint density at radius 3 is 2.88 bits per heavy atom. The topological polar surface area (TPSA) is 50.9 Å². The van der Waals surface area contributed by atoms with E-state index < -0.39 is 0 Å². The summed E-state index contributed by atoms with van der Waals surface area (Å²) in [5, 5.41) is 2.14. The van der Waals surface area contributed by atoms with E-state index in [9.17, 15) is 0 Å². The predicted molar refractivity (Wildman–Crippen MR) is 82.7 cm³/mol. The van der Waals surface area contributed by atoms with Crippen molar-refractivity contribution in [1.29, 1.82) is 0 Å². The van der Waals surface area contributed by atoms with Gasteiger partial charge in [-0.1, -0.05) is 0 Å². The van der Waals surface area contributed by atoms with Gasteiger partial charge in [-0.15, -0.1) is 11.3 Å². The molecule has 3 nitrogen and oxygen atoms in total. The normalized spacial score (nSPS) is 12.6. The van der Waals surface area contributed by atoms with Gasteiger partial charge in [0.15, 0.2) is 0 Å². The van der Waals surface area contributed by atoms with Crippen LogP contribution in [0.3, 0.4) is 0 Å². The third-order valence-corrected chi connectivity index (χ3v) is 4.63. The zero-order chi connectivity index (χ0) is 12.3. The molecule has 17 heavy (non-hydrogen) atoms. The van der Waals surface area contributed by atoms with Gasteiger partial charge in [0.05, 0.1) is 8.93 Å². The van der Waals surface area contributed by atoms with Crippen molar-refractivity contribution >= 4 is 49.9 Å². The lowest BCUT2D eigenvalue weighted by Gasteiger charge is -2.14. The molecule has 90 valence electrons. The molecular formula is C11H11BrIN3S. The molecule has 0 aliphatic heterocycles. The van der Waals surface area contributed by atoms with Crippen LogP contribution in [-0.4, -0.2) is 4.98 Å². The van der Waals surface area contributed by atoms with Gasteiger partial charge >= 0.3 is 0 Å². The highest BCUT2D eigenvalue weighted by Gasteiger charge is 2.12. The molecule has 0 aliphatic rings. The maximum atomic E-state index is 5.62. The Labute approximate surface area is 126 Å². The summed E-state index contributed by atoms with van der Waals surface area (Å²) in [6.45, 7) is 0. The summed E-state index contributed by atoms with van der Waals surface area (Å²) in [4.78, 5) is 4.16. The quantitative estimate of drug-likeness (QED) is 0.450. The Hall–Kier alpha value is -0.0200. The molecule has 3 N–H and O–H groups in total. The molecule has 0 spiro atoms. The van der Waals surface area contributed by atoms with E-state index in [4.69, 9.17) is 5.84 Å². The number of halogens is 2. The second-order valence-corrected chi connectivity index (χ2v) is 7.34. The van der Waals surface area contributed by atoms with Crippen molar-refractivity contribution in [3.63, 3.8) is 0 Å². The van der Waals surface area contributed by atoms with E-state index in [1.807, 2.05) is 6.20 Å². The van der Waals surface area contributed by atoms with Crippen LogP contribution in [0, 0.1) is 2.88 Å². The van der Waals surface area contributed by atoms with Gasteiger partial charge in [0, 0.05) is 16.9 Å². The minimum absolute atomic E-state index is 0.130. The van der Waals surface area contributed by atoms with Crippen molar-refractivity contribution in [1.82, 2.24) is 10.4 Å². The number of thiophene rings is 1. The van der Waals surface area contributed by atoms with Crippen molar-refractivity contribution in [2.75, 3.05) is 0 Å². The van der Waals surface area contributed by atoms with Gasteiger partial charge in [-0.05, 0) is 73.6 Å². The Bertz CT molecular complexity index is 503. The molecule has 1 atom stereocenters. The number of nitrogens with one attached hydrogen (secondary N) is 1. The maximum absolute atomic E-state index is 5.62. The molecule has 0 fully saturated rings. The Balaban J connectivity index is 2.15. The van der Waals surface area contributed by atoms with E-state index in [1.54, 1.807) is 17.5 Å². The van der Waals surface area contributed by atoms with Gasteiger partial charge in [0.1, 0.15) is 0 Å². The van der Waals surface area contributed by atoms with E-state index in [-0.39, 0.29) is 6.04 Å². The fourth-order valence-corrected chi connectivity index (χ4v) is 3.42. The molecule has 0 radical (unpaired) electrons. The Kier molecular flexibility index (Phi) is 4.92. The van der Waals surface area contributed by atoms with Crippen LogP contribution in [0.4, 0.5) is 0 Å². The second kappa shape index (κ2) is 6.24. The van der Waals surface area contributed by atoms with E-state index in [0.29, 0.717) is 0 Å². The van der Waals surface area contributed by atoms with Crippen molar-refractivity contribution < 1.29 is 0 Å². The first-order valence-electron chi connectivity index (χ1n) is 4.98.